The predicted octanol–water partition coefficient (Wildman–Crippen LogP) is 1.59. The first-order valence-corrected chi connectivity index (χ1v) is 9.15. The van der Waals surface area contributed by atoms with E-state index in [1.807, 2.05) is 0 Å². The van der Waals surface area contributed by atoms with Gasteiger partial charge in [0.05, 0.1) is 32.7 Å². The van der Waals surface area contributed by atoms with Crippen LogP contribution in [0.2, 0.25) is 0 Å². The van der Waals surface area contributed by atoms with Gasteiger partial charge in [0.2, 0.25) is 0 Å². The van der Waals surface area contributed by atoms with Gasteiger partial charge in [-0.25, -0.2) is 27.7 Å². The Morgan fingerprint density at radius 1 is 1.23 bits per heavy atom. The first kappa shape index (κ1) is 22.1. The van der Waals surface area contributed by atoms with Crippen LogP contribution >= 0.6 is 0 Å². The molecule has 0 saturated carbocycles. The van der Waals surface area contributed by atoms with Gasteiger partial charge in [-0.15, -0.1) is 0 Å². The SMILES string of the molecule is COC(=O)C[C@H](NC(=O)N1CCc2[nH]cnc2[C@@H]1c1ccc(F)c(F)c1F)C(=O)OC. The number of amides is 2. The molecule has 0 aliphatic carbocycles. The Labute approximate surface area is 174 Å². The second-order valence-electron chi connectivity index (χ2n) is 6.68. The number of H-pyrrole nitrogens is 1. The zero-order valence-electron chi connectivity index (χ0n) is 16.6. The number of hydrogen-bond donors (Lipinski definition) is 2. The monoisotopic (exact) mass is 440 g/mol. The van der Waals surface area contributed by atoms with E-state index in [1.165, 1.54) is 6.33 Å². The predicted molar refractivity (Wildman–Crippen MR) is 98.1 cm³/mol. The van der Waals surface area contributed by atoms with Crippen molar-refractivity contribution < 1.29 is 37.0 Å². The van der Waals surface area contributed by atoms with Crippen molar-refractivity contribution in [3.63, 3.8) is 0 Å². The van der Waals surface area contributed by atoms with E-state index in [-0.39, 0.29) is 17.8 Å². The molecule has 31 heavy (non-hydrogen) atoms. The summed E-state index contributed by atoms with van der Waals surface area (Å²) in [5.74, 6) is -6.19. The second kappa shape index (κ2) is 9.06. The van der Waals surface area contributed by atoms with Gasteiger partial charge in [-0.2, -0.15) is 0 Å². The van der Waals surface area contributed by atoms with Crippen molar-refractivity contribution in [2.45, 2.75) is 24.9 Å². The van der Waals surface area contributed by atoms with E-state index in [0.29, 0.717) is 12.1 Å². The van der Waals surface area contributed by atoms with E-state index in [0.717, 1.165) is 31.3 Å². The average molecular weight is 440 g/mol. The smallest absolute Gasteiger partial charge is 0.329 e. The molecule has 2 amide bonds. The van der Waals surface area contributed by atoms with Gasteiger partial charge in [0.1, 0.15) is 12.1 Å². The molecule has 0 radical (unpaired) electrons. The summed E-state index contributed by atoms with van der Waals surface area (Å²) in [6.45, 7) is 0.0379. The van der Waals surface area contributed by atoms with Crippen molar-refractivity contribution in [2.75, 3.05) is 20.8 Å². The number of aromatic amines is 1. The van der Waals surface area contributed by atoms with Crippen LogP contribution < -0.4 is 5.32 Å². The molecule has 3 rings (SSSR count). The Bertz CT molecular complexity index is 1010. The van der Waals surface area contributed by atoms with Crippen LogP contribution in [0.15, 0.2) is 18.5 Å². The Morgan fingerprint density at radius 3 is 2.65 bits per heavy atom. The summed E-state index contributed by atoms with van der Waals surface area (Å²) >= 11 is 0. The highest BCUT2D eigenvalue weighted by Crippen LogP contribution is 2.35. The average Bonchev–Trinajstić information content (AvgIpc) is 3.25. The van der Waals surface area contributed by atoms with Crippen molar-refractivity contribution in [3.8, 4) is 0 Å². The van der Waals surface area contributed by atoms with Gasteiger partial charge in [-0.1, -0.05) is 6.07 Å². The number of urea groups is 1. The Balaban J connectivity index is 1.96. The van der Waals surface area contributed by atoms with E-state index in [4.69, 9.17) is 0 Å². The summed E-state index contributed by atoms with van der Waals surface area (Å²) in [4.78, 5) is 44.7. The molecule has 0 spiro atoms. The number of esters is 2. The zero-order chi connectivity index (χ0) is 22.7. The van der Waals surface area contributed by atoms with Crippen LogP contribution in [0.25, 0.3) is 0 Å². The molecule has 9 nitrogen and oxygen atoms in total. The van der Waals surface area contributed by atoms with Crippen LogP contribution in [0.5, 0.6) is 0 Å². The number of imidazole rings is 1. The third kappa shape index (κ3) is 4.32. The van der Waals surface area contributed by atoms with Gasteiger partial charge >= 0.3 is 18.0 Å². The molecule has 0 fully saturated rings. The van der Waals surface area contributed by atoms with Crippen LogP contribution in [0.4, 0.5) is 18.0 Å². The standard InChI is InChI=1S/C19H19F3N4O5/c1-30-13(27)7-12(18(28)31-2)25-19(29)26-6-5-11-16(24-8-23-11)17(26)9-3-4-10(20)15(22)14(9)21/h3-4,8,12,17H,5-7H2,1-2H3,(H,23,24)(H,25,29)/t12-,17-/m0/s1. The molecule has 0 saturated heterocycles. The Kier molecular flexibility index (Phi) is 6.47. The summed E-state index contributed by atoms with van der Waals surface area (Å²) < 4.78 is 51.1. The third-order valence-corrected chi connectivity index (χ3v) is 4.93. The quantitative estimate of drug-likeness (QED) is 0.539. The molecule has 1 aliphatic rings. The van der Waals surface area contributed by atoms with Crippen LogP contribution in [-0.2, 0) is 25.5 Å². The van der Waals surface area contributed by atoms with E-state index in [1.54, 1.807) is 0 Å². The lowest BCUT2D eigenvalue weighted by Gasteiger charge is -2.36. The number of benzene rings is 1. The van der Waals surface area contributed by atoms with Crippen molar-refractivity contribution in [2.24, 2.45) is 0 Å². The van der Waals surface area contributed by atoms with Gasteiger partial charge in [-0.3, -0.25) is 4.79 Å². The minimum Gasteiger partial charge on any atom is -0.469 e. The van der Waals surface area contributed by atoms with E-state index >= 15 is 0 Å². The number of ether oxygens (including phenoxy) is 2. The fraction of sp³-hybridized carbons (Fsp3) is 0.368. The summed E-state index contributed by atoms with van der Waals surface area (Å²) in [5.41, 5.74) is 0.524. The first-order valence-electron chi connectivity index (χ1n) is 9.15. The maximum Gasteiger partial charge on any atom is 0.329 e. The molecule has 2 heterocycles. The third-order valence-electron chi connectivity index (χ3n) is 4.93. The fourth-order valence-corrected chi connectivity index (χ4v) is 3.38. The molecular formula is C19H19F3N4O5. The zero-order valence-corrected chi connectivity index (χ0v) is 16.6. The van der Waals surface area contributed by atoms with Gasteiger partial charge < -0.3 is 24.7 Å². The highest BCUT2D eigenvalue weighted by Gasteiger charge is 2.38. The lowest BCUT2D eigenvalue weighted by atomic mass is 9.95. The number of rotatable bonds is 5. The molecule has 2 aromatic rings. The highest BCUT2D eigenvalue weighted by molar-refractivity contribution is 5.87. The molecule has 0 unspecified atom stereocenters. The van der Waals surface area contributed by atoms with Crippen molar-refractivity contribution in [3.05, 3.63) is 52.9 Å². The molecule has 1 aliphatic heterocycles. The van der Waals surface area contributed by atoms with Gasteiger partial charge in [0.15, 0.2) is 17.5 Å². The van der Waals surface area contributed by atoms with Gasteiger partial charge in [-0.05, 0) is 6.07 Å². The molecular weight excluding hydrogens is 421 g/mol. The number of carbonyl (C=O) groups excluding carboxylic acids is 3. The molecule has 1 aromatic carbocycles. The highest BCUT2D eigenvalue weighted by atomic mass is 19.2. The minimum atomic E-state index is -1.68. The number of carbonyl (C=O) groups is 3. The van der Waals surface area contributed by atoms with Crippen molar-refractivity contribution in [1.29, 1.82) is 0 Å². The second-order valence-corrected chi connectivity index (χ2v) is 6.68. The molecule has 0 bridgehead atoms. The molecule has 2 atom stereocenters. The minimum absolute atomic E-state index is 0.0379. The maximum atomic E-state index is 14.6. The van der Waals surface area contributed by atoms with Crippen LogP contribution in [0.3, 0.4) is 0 Å². The van der Waals surface area contributed by atoms with Gasteiger partial charge in [0.25, 0.3) is 0 Å². The number of nitrogens with zero attached hydrogens (tertiary/aromatic N) is 2. The van der Waals surface area contributed by atoms with Gasteiger partial charge in [0, 0.05) is 24.2 Å². The maximum absolute atomic E-state index is 14.6. The Hall–Kier alpha value is -3.57. The van der Waals surface area contributed by atoms with Crippen LogP contribution in [-0.4, -0.2) is 59.6 Å². The number of methoxy groups -OCH3 is 2. The number of fused-ring (bicyclic) bond motifs is 1. The number of aromatic nitrogens is 2. The number of nitrogens with one attached hydrogen (secondary N) is 2. The molecule has 2 N–H and O–H groups in total. The summed E-state index contributed by atoms with van der Waals surface area (Å²) in [7, 11) is 2.19. The molecule has 12 heteroatoms. The largest absolute Gasteiger partial charge is 0.469 e. The molecule has 166 valence electrons. The van der Waals surface area contributed by atoms with Crippen LogP contribution in [0.1, 0.15) is 29.4 Å². The van der Waals surface area contributed by atoms with E-state index in [9.17, 15) is 27.6 Å². The first-order chi connectivity index (χ1) is 14.8. The lowest BCUT2D eigenvalue weighted by Crippen LogP contribution is -2.52. The normalized spacial score (nSPS) is 16.3. The Morgan fingerprint density at radius 2 is 1.97 bits per heavy atom. The number of halogens is 3. The topological polar surface area (TPSA) is 114 Å². The summed E-state index contributed by atoms with van der Waals surface area (Å²) in [6, 6.07) is -1.67. The van der Waals surface area contributed by atoms with E-state index < -0.39 is 53.9 Å². The van der Waals surface area contributed by atoms with Crippen molar-refractivity contribution in [1.82, 2.24) is 20.2 Å². The molecule has 1 aromatic heterocycles. The summed E-state index contributed by atoms with van der Waals surface area (Å²) in [6.07, 6.45) is 1.15. The fourth-order valence-electron chi connectivity index (χ4n) is 3.38. The number of hydrogen-bond acceptors (Lipinski definition) is 6. The summed E-state index contributed by atoms with van der Waals surface area (Å²) in [5, 5.41) is 2.35. The van der Waals surface area contributed by atoms with E-state index in [2.05, 4.69) is 24.8 Å². The van der Waals surface area contributed by atoms with Crippen molar-refractivity contribution >= 4 is 18.0 Å². The lowest BCUT2D eigenvalue weighted by molar-refractivity contribution is -0.149. The van der Waals surface area contributed by atoms with Crippen LogP contribution in [0, 0.1) is 17.5 Å².